The molecule has 0 bridgehead atoms. The highest BCUT2D eigenvalue weighted by Gasteiger charge is 2.19. The van der Waals surface area contributed by atoms with Gasteiger partial charge in [0.25, 0.3) is 0 Å². The number of para-hydroxylation sites is 3. The van der Waals surface area contributed by atoms with Crippen molar-refractivity contribution in [3.05, 3.63) is 206 Å². The number of rotatable bonds is 6. The van der Waals surface area contributed by atoms with Gasteiger partial charge in [-0.15, -0.1) is 0 Å². The van der Waals surface area contributed by atoms with E-state index in [9.17, 15) is 0 Å². The molecule has 0 atom stereocenters. The SMILES string of the molecule is c1ccc(-c2ccc(N(c3ccc(-c4ccccc4-n4c5ccccc5c5ccc6ccccc6c54)cc3)c3ccc4c(c3)oc3ccccc34)cc2)cc1. The summed E-state index contributed by atoms with van der Waals surface area (Å²) in [7, 11) is 0. The van der Waals surface area contributed by atoms with E-state index in [0.717, 1.165) is 50.3 Å². The Hall–Kier alpha value is -7.36. The van der Waals surface area contributed by atoms with E-state index < -0.39 is 0 Å². The highest BCUT2D eigenvalue weighted by Crippen LogP contribution is 2.42. The van der Waals surface area contributed by atoms with Crippen LogP contribution in [0.3, 0.4) is 0 Å². The first-order valence-electron chi connectivity index (χ1n) is 18.8. The standard InChI is InChI=1S/C52H34N2O/c1-2-12-35(13-3-1)36-22-27-39(28-23-36)53(41-31-33-46-45-18-8-11-21-50(45)55-51(46)34-41)40-29-24-38(25-30-40)42-15-6-9-19-48(42)54-49-20-10-7-17-44(49)47-32-26-37-14-4-5-16-43(37)52(47)54/h1-34H. The van der Waals surface area contributed by atoms with E-state index in [1.54, 1.807) is 0 Å². The second-order valence-electron chi connectivity index (χ2n) is 14.1. The highest BCUT2D eigenvalue weighted by molar-refractivity contribution is 6.19. The molecule has 0 aliphatic heterocycles. The zero-order chi connectivity index (χ0) is 36.3. The van der Waals surface area contributed by atoms with Crippen molar-refractivity contribution in [2.24, 2.45) is 0 Å². The van der Waals surface area contributed by atoms with Crippen LogP contribution in [0.4, 0.5) is 17.1 Å². The molecule has 2 aromatic heterocycles. The van der Waals surface area contributed by atoms with Gasteiger partial charge >= 0.3 is 0 Å². The molecule has 0 N–H and O–H groups in total. The van der Waals surface area contributed by atoms with Crippen LogP contribution >= 0.6 is 0 Å². The zero-order valence-electron chi connectivity index (χ0n) is 29.9. The first-order chi connectivity index (χ1) is 27.3. The van der Waals surface area contributed by atoms with Crippen LogP contribution in [0.2, 0.25) is 0 Å². The molecule has 2 heterocycles. The van der Waals surface area contributed by atoms with Crippen molar-refractivity contribution in [1.29, 1.82) is 0 Å². The lowest BCUT2D eigenvalue weighted by Crippen LogP contribution is -2.09. The normalized spacial score (nSPS) is 11.6. The van der Waals surface area contributed by atoms with E-state index in [1.165, 1.54) is 49.3 Å². The van der Waals surface area contributed by atoms with Crippen molar-refractivity contribution in [2.75, 3.05) is 4.90 Å². The molecule has 3 nitrogen and oxygen atoms in total. The van der Waals surface area contributed by atoms with Gasteiger partial charge in [0.1, 0.15) is 11.2 Å². The summed E-state index contributed by atoms with van der Waals surface area (Å²) in [5, 5.41) is 7.24. The second kappa shape index (κ2) is 12.6. The number of hydrogen-bond donors (Lipinski definition) is 0. The third-order valence-electron chi connectivity index (χ3n) is 11.0. The first kappa shape index (κ1) is 31.2. The molecule has 11 aromatic rings. The van der Waals surface area contributed by atoms with Gasteiger partial charge in [-0.2, -0.15) is 0 Å². The molecule has 0 fully saturated rings. The number of fused-ring (bicyclic) bond motifs is 8. The van der Waals surface area contributed by atoms with Gasteiger partial charge in [-0.05, 0) is 76.7 Å². The smallest absolute Gasteiger partial charge is 0.137 e. The molecule has 55 heavy (non-hydrogen) atoms. The van der Waals surface area contributed by atoms with Gasteiger partial charge < -0.3 is 13.9 Å². The van der Waals surface area contributed by atoms with E-state index in [1.807, 2.05) is 12.1 Å². The molecular formula is C52H34N2O. The quantitative estimate of drug-likeness (QED) is 0.172. The summed E-state index contributed by atoms with van der Waals surface area (Å²) in [6, 6.07) is 73.9. The molecule has 9 aromatic carbocycles. The van der Waals surface area contributed by atoms with Crippen molar-refractivity contribution in [3.8, 4) is 27.9 Å². The van der Waals surface area contributed by atoms with Crippen LogP contribution in [-0.2, 0) is 0 Å². The number of anilines is 3. The lowest BCUT2D eigenvalue weighted by molar-refractivity contribution is 0.669. The Morgan fingerprint density at radius 2 is 0.945 bits per heavy atom. The predicted molar refractivity (Wildman–Crippen MR) is 231 cm³/mol. The summed E-state index contributed by atoms with van der Waals surface area (Å²) in [5.41, 5.74) is 13.2. The van der Waals surface area contributed by atoms with E-state index >= 15 is 0 Å². The van der Waals surface area contributed by atoms with Gasteiger partial charge in [0.2, 0.25) is 0 Å². The number of nitrogens with zero attached hydrogens (tertiary/aromatic N) is 2. The third kappa shape index (κ3) is 5.13. The van der Waals surface area contributed by atoms with E-state index in [4.69, 9.17) is 4.42 Å². The molecule has 0 spiro atoms. The molecule has 11 rings (SSSR count). The van der Waals surface area contributed by atoms with Crippen molar-refractivity contribution in [2.45, 2.75) is 0 Å². The van der Waals surface area contributed by atoms with Crippen LogP contribution < -0.4 is 4.90 Å². The van der Waals surface area contributed by atoms with Gasteiger partial charge in [-0.1, -0.05) is 146 Å². The summed E-state index contributed by atoms with van der Waals surface area (Å²) in [4.78, 5) is 2.32. The van der Waals surface area contributed by atoms with Crippen molar-refractivity contribution >= 4 is 71.6 Å². The summed E-state index contributed by atoms with van der Waals surface area (Å²) in [6.07, 6.45) is 0. The molecular weight excluding hydrogens is 669 g/mol. The average molecular weight is 703 g/mol. The second-order valence-corrected chi connectivity index (χ2v) is 14.1. The van der Waals surface area contributed by atoms with Crippen LogP contribution in [0.1, 0.15) is 0 Å². The molecule has 0 unspecified atom stereocenters. The van der Waals surface area contributed by atoms with Crippen molar-refractivity contribution in [3.63, 3.8) is 0 Å². The van der Waals surface area contributed by atoms with Gasteiger partial charge in [0, 0.05) is 55.6 Å². The van der Waals surface area contributed by atoms with E-state index in [0.29, 0.717) is 0 Å². The lowest BCUT2D eigenvalue weighted by atomic mass is 10.0. The molecule has 0 amide bonds. The minimum atomic E-state index is 0.869. The van der Waals surface area contributed by atoms with Gasteiger partial charge in [-0.3, -0.25) is 0 Å². The van der Waals surface area contributed by atoms with Gasteiger partial charge in [0.05, 0.1) is 16.7 Å². The number of furan rings is 1. The number of aromatic nitrogens is 1. The number of benzene rings is 9. The van der Waals surface area contributed by atoms with E-state index in [-0.39, 0.29) is 0 Å². The Morgan fingerprint density at radius 3 is 1.76 bits per heavy atom. The molecule has 0 aliphatic rings. The largest absolute Gasteiger partial charge is 0.456 e. The van der Waals surface area contributed by atoms with Gasteiger partial charge in [-0.25, -0.2) is 0 Å². The molecule has 0 aliphatic carbocycles. The minimum absolute atomic E-state index is 0.869. The maximum Gasteiger partial charge on any atom is 0.137 e. The first-order valence-corrected chi connectivity index (χ1v) is 18.8. The Morgan fingerprint density at radius 1 is 0.364 bits per heavy atom. The van der Waals surface area contributed by atoms with Crippen molar-refractivity contribution in [1.82, 2.24) is 4.57 Å². The Labute approximate surface area is 318 Å². The molecule has 0 saturated carbocycles. The lowest BCUT2D eigenvalue weighted by Gasteiger charge is -2.26. The monoisotopic (exact) mass is 702 g/mol. The van der Waals surface area contributed by atoms with E-state index in [2.05, 4.69) is 204 Å². The average Bonchev–Trinajstić information content (AvgIpc) is 3.80. The highest BCUT2D eigenvalue weighted by atomic mass is 16.3. The maximum atomic E-state index is 6.38. The summed E-state index contributed by atoms with van der Waals surface area (Å²) in [5.74, 6) is 0. The fraction of sp³-hybridized carbons (Fsp3) is 0. The summed E-state index contributed by atoms with van der Waals surface area (Å²) < 4.78 is 8.83. The van der Waals surface area contributed by atoms with Crippen LogP contribution in [0.15, 0.2) is 211 Å². The van der Waals surface area contributed by atoms with Crippen LogP contribution in [0.5, 0.6) is 0 Å². The topological polar surface area (TPSA) is 21.3 Å². The van der Waals surface area contributed by atoms with Crippen LogP contribution in [-0.4, -0.2) is 4.57 Å². The molecule has 3 heteroatoms. The van der Waals surface area contributed by atoms with Crippen molar-refractivity contribution < 1.29 is 4.42 Å². The Bertz CT molecular complexity index is 3190. The zero-order valence-corrected chi connectivity index (χ0v) is 29.9. The Kier molecular flexibility index (Phi) is 7.17. The number of hydrogen-bond acceptors (Lipinski definition) is 2. The minimum Gasteiger partial charge on any atom is -0.456 e. The molecule has 0 saturated heterocycles. The van der Waals surface area contributed by atoms with Crippen LogP contribution in [0.25, 0.3) is 82.5 Å². The maximum absolute atomic E-state index is 6.38. The molecule has 258 valence electrons. The summed E-state index contributed by atoms with van der Waals surface area (Å²) >= 11 is 0. The third-order valence-corrected chi connectivity index (χ3v) is 11.0. The summed E-state index contributed by atoms with van der Waals surface area (Å²) in [6.45, 7) is 0. The predicted octanol–water partition coefficient (Wildman–Crippen LogP) is 14.6. The van der Waals surface area contributed by atoms with Crippen LogP contribution in [0, 0.1) is 0 Å². The molecule has 0 radical (unpaired) electrons. The van der Waals surface area contributed by atoms with Gasteiger partial charge in [0.15, 0.2) is 0 Å². The Balaban J connectivity index is 1.05. The fourth-order valence-corrected chi connectivity index (χ4v) is 8.42. The fourth-order valence-electron chi connectivity index (χ4n) is 8.42.